The number of halogens is 2. The average Bonchev–Trinajstić information content (AvgIpc) is 2.41. The first-order valence-electron chi connectivity index (χ1n) is 5.97. The second-order valence-corrected chi connectivity index (χ2v) is 4.67. The number of anilines is 1. The topological polar surface area (TPSA) is 34.1 Å². The molecule has 1 heterocycles. The van der Waals surface area contributed by atoms with Crippen molar-refractivity contribution in [1.29, 1.82) is 0 Å². The number of benzene rings is 1. The second-order valence-electron chi connectivity index (χ2n) is 3.89. The van der Waals surface area contributed by atoms with E-state index in [0.717, 1.165) is 18.1 Å². The van der Waals surface area contributed by atoms with Crippen LogP contribution in [0.2, 0.25) is 10.0 Å². The summed E-state index contributed by atoms with van der Waals surface area (Å²) in [6.45, 7) is 3.20. The fourth-order valence-electron chi connectivity index (χ4n) is 1.59. The lowest BCUT2D eigenvalue weighted by atomic mass is 10.3. The van der Waals surface area contributed by atoms with Gasteiger partial charge in [-0.25, -0.2) is 4.98 Å². The first-order valence-corrected chi connectivity index (χ1v) is 6.73. The summed E-state index contributed by atoms with van der Waals surface area (Å²) >= 11 is 12.0. The molecule has 0 amide bonds. The number of aromatic nitrogens is 1. The highest BCUT2D eigenvalue weighted by atomic mass is 35.5. The molecule has 19 heavy (non-hydrogen) atoms. The molecule has 1 aromatic carbocycles. The van der Waals surface area contributed by atoms with E-state index in [1.165, 1.54) is 0 Å². The van der Waals surface area contributed by atoms with Gasteiger partial charge in [0.25, 0.3) is 0 Å². The first-order chi connectivity index (χ1) is 9.20. The van der Waals surface area contributed by atoms with E-state index in [0.29, 0.717) is 22.4 Å². The van der Waals surface area contributed by atoms with Crippen LogP contribution in [-0.4, -0.2) is 11.5 Å². The molecule has 0 fully saturated rings. The minimum absolute atomic E-state index is 0.347. The number of hydrogen-bond donors (Lipinski definition) is 1. The largest absolute Gasteiger partial charge is 0.486 e. The molecule has 2 aromatic rings. The van der Waals surface area contributed by atoms with E-state index in [1.54, 1.807) is 18.2 Å². The van der Waals surface area contributed by atoms with Gasteiger partial charge in [0.2, 0.25) is 0 Å². The molecule has 0 bridgehead atoms. The van der Waals surface area contributed by atoms with E-state index >= 15 is 0 Å². The molecule has 5 heteroatoms. The Morgan fingerprint density at radius 3 is 2.74 bits per heavy atom. The number of ether oxygens (including phenoxy) is 1. The monoisotopic (exact) mass is 296 g/mol. The second kappa shape index (κ2) is 6.64. The van der Waals surface area contributed by atoms with Crippen molar-refractivity contribution in [3.05, 3.63) is 52.1 Å². The zero-order valence-corrected chi connectivity index (χ0v) is 12.0. The van der Waals surface area contributed by atoms with Gasteiger partial charge in [0, 0.05) is 6.54 Å². The van der Waals surface area contributed by atoms with E-state index in [-0.39, 0.29) is 0 Å². The van der Waals surface area contributed by atoms with Crippen LogP contribution in [0.5, 0.6) is 5.75 Å². The Kier molecular flexibility index (Phi) is 4.88. The normalized spacial score (nSPS) is 10.3. The lowest BCUT2D eigenvalue weighted by Crippen LogP contribution is -2.03. The molecule has 0 radical (unpaired) electrons. The Bertz CT molecular complexity index is 561. The molecule has 0 unspecified atom stereocenters. The molecule has 0 saturated carbocycles. The molecule has 0 atom stereocenters. The third-order valence-corrected chi connectivity index (χ3v) is 3.26. The quantitative estimate of drug-likeness (QED) is 0.888. The van der Waals surface area contributed by atoms with Gasteiger partial charge >= 0.3 is 0 Å². The standard InChI is InChI=1S/C14H14Cl2N2O/c1-2-17-13-8-3-5-10(18-13)9-19-12-7-4-6-11(15)14(12)16/h3-8H,2,9H2,1H3,(H,17,18). The van der Waals surface area contributed by atoms with E-state index in [4.69, 9.17) is 27.9 Å². The summed E-state index contributed by atoms with van der Waals surface area (Å²) < 4.78 is 5.63. The smallest absolute Gasteiger partial charge is 0.140 e. The van der Waals surface area contributed by atoms with Gasteiger partial charge in [-0.3, -0.25) is 0 Å². The molecular weight excluding hydrogens is 283 g/mol. The Labute approximate surface area is 122 Å². The molecule has 1 aromatic heterocycles. The molecule has 0 saturated heterocycles. The first kappa shape index (κ1) is 14.0. The third-order valence-electron chi connectivity index (χ3n) is 2.46. The van der Waals surface area contributed by atoms with Crippen molar-refractivity contribution < 1.29 is 4.74 Å². The summed E-state index contributed by atoms with van der Waals surface area (Å²) in [6, 6.07) is 11.1. The van der Waals surface area contributed by atoms with Crippen LogP contribution in [0.3, 0.4) is 0 Å². The molecule has 0 aliphatic heterocycles. The highest BCUT2D eigenvalue weighted by Crippen LogP contribution is 2.31. The van der Waals surface area contributed by atoms with Gasteiger partial charge in [-0.1, -0.05) is 35.3 Å². The van der Waals surface area contributed by atoms with E-state index in [9.17, 15) is 0 Å². The predicted molar refractivity (Wildman–Crippen MR) is 79.2 cm³/mol. The van der Waals surface area contributed by atoms with Gasteiger partial charge in [0.1, 0.15) is 23.2 Å². The van der Waals surface area contributed by atoms with Crippen molar-refractivity contribution in [3.8, 4) is 5.75 Å². The maximum absolute atomic E-state index is 6.05. The van der Waals surface area contributed by atoms with E-state index < -0.39 is 0 Å². The van der Waals surface area contributed by atoms with Gasteiger partial charge in [-0.15, -0.1) is 0 Å². The van der Waals surface area contributed by atoms with Crippen LogP contribution in [-0.2, 0) is 6.61 Å². The highest BCUT2D eigenvalue weighted by Gasteiger charge is 2.06. The molecular formula is C14H14Cl2N2O. The van der Waals surface area contributed by atoms with Crippen molar-refractivity contribution in [2.75, 3.05) is 11.9 Å². The maximum Gasteiger partial charge on any atom is 0.140 e. The number of hydrogen-bond acceptors (Lipinski definition) is 3. The molecule has 2 rings (SSSR count). The molecule has 3 nitrogen and oxygen atoms in total. The summed E-state index contributed by atoms with van der Waals surface area (Å²) in [5, 5.41) is 4.06. The average molecular weight is 297 g/mol. The highest BCUT2D eigenvalue weighted by molar-refractivity contribution is 6.42. The van der Waals surface area contributed by atoms with Crippen molar-refractivity contribution in [3.63, 3.8) is 0 Å². The van der Waals surface area contributed by atoms with Crippen LogP contribution in [0.25, 0.3) is 0 Å². The van der Waals surface area contributed by atoms with Crippen LogP contribution in [0.4, 0.5) is 5.82 Å². The summed E-state index contributed by atoms with van der Waals surface area (Å²) in [5.74, 6) is 1.39. The summed E-state index contributed by atoms with van der Waals surface area (Å²) in [4.78, 5) is 4.42. The molecule has 0 spiro atoms. The van der Waals surface area contributed by atoms with E-state index in [1.807, 2.05) is 25.1 Å². The van der Waals surface area contributed by atoms with Crippen LogP contribution >= 0.6 is 23.2 Å². The van der Waals surface area contributed by atoms with Crippen LogP contribution < -0.4 is 10.1 Å². The Balaban J connectivity index is 2.06. The summed E-state index contributed by atoms with van der Waals surface area (Å²) in [5.41, 5.74) is 0.828. The maximum atomic E-state index is 6.05. The van der Waals surface area contributed by atoms with Crippen molar-refractivity contribution in [1.82, 2.24) is 4.98 Å². The lowest BCUT2D eigenvalue weighted by molar-refractivity contribution is 0.301. The zero-order valence-electron chi connectivity index (χ0n) is 10.5. The number of pyridine rings is 1. The molecule has 100 valence electrons. The van der Waals surface area contributed by atoms with Crippen molar-refractivity contribution in [2.45, 2.75) is 13.5 Å². The SMILES string of the molecule is CCNc1cccc(COc2cccc(Cl)c2Cl)n1. The van der Waals surface area contributed by atoms with Gasteiger partial charge in [0.05, 0.1) is 10.7 Å². The molecule has 0 aliphatic carbocycles. The number of rotatable bonds is 5. The minimum atomic E-state index is 0.347. The fraction of sp³-hybridized carbons (Fsp3) is 0.214. The van der Waals surface area contributed by atoms with Gasteiger partial charge in [0.15, 0.2) is 0 Å². The molecule has 1 N–H and O–H groups in total. The Hall–Kier alpha value is -1.45. The summed E-state index contributed by atoms with van der Waals surface area (Å²) in [7, 11) is 0. The van der Waals surface area contributed by atoms with Crippen LogP contribution in [0, 0.1) is 0 Å². The lowest BCUT2D eigenvalue weighted by Gasteiger charge is -2.09. The van der Waals surface area contributed by atoms with Gasteiger partial charge in [-0.2, -0.15) is 0 Å². The van der Waals surface area contributed by atoms with Gasteiger partial charge in [-0.05, 0) is 31.2 Å². The minimum Gasteiger partial charge on any atom is -0.486 e. The van der Waals surface area contributed by atoms with Crippen molar-refractivity contribution in [2.24, 2.45) is 0 Å². The van der Waals surface area contributed by atoms with E-state index in [2.05, 4.69) is 10.3 Å². The van der Waals surface area contributed by atoms with Crippen LogP contribution in [0.1, 0.15) is 12.6 Å². The van der Waals surface area contributed by atoms with Crippen molar-refractivity contribution >= 4 is 29.0 Å². The van der Waals surface area contributed by atoms with Gasteiger partial charge < -0.3 is 10.1 Å². The van der Waals surface area contributed by atoms with Crippen LogP contribution in [0.15, 0.2) is 36.4 Å². The Morgan fingerprint density at radius 1 is 1.16 bits per heavy atom. The predicted octanol–water partition coefficient (Wildman–Crippen LogP) is 4.40. The third kappa shape index (κ3) is 3.75. The Morgan fingerprint density at radius 2 is 1.95 bits per heavy atom. The number of nitrogens with zero attached hydrogens (tertiary/aromatic N) is 1. The zero-order chi connectivity index (χ0) is 13.7. The molecule has 0 aliphatic rings. The number of nitrogens with one attached hydrogen (secondary N) is 1. The summed E-state index contributed by atoms with van der Waals surface area (Å²) in [6.07, 6.45) is 0. The fourth-order valence-corrected chi connectivity index (χ4v) is 1.93.